The summed E-state index contributed by atoms with van der Waals surface area (Å²) in [7, 11) is 0. The van der Waals surface area contributed by atoms with Crippen LogP contribution in [0.25, 0.3) is 10.2 Å². The van der Waals surface area contributed by atoms with Crippen LogP contribution in [0.15, 0.2) is 6.07 Å². The van der Waals surface area contributed by atoms with Crippen LogP contribution in [0, 0.1) is 12.8 Å². The van der Waals surface area contributed by atoms with E-state index >= 15 is 0 Å². The van der Waals surface area contributed by atoms with Crippen molar-refractivity contribution < 1.29 is 4.79 Å². The van der Waals surface area contributed by atoms with E-state index in [1.807, 2.05) is 6.07 Å². The van der Waals surface area contributed by atoms with Crippen LogP contribution >= 0.6 is 11.3 Å². The monoisotopic (exact) mass is 331 g/mol. The first-order valence-corrected chi connectivity index (χ1v) is 9.64. The number of fused-ring (bicyclic) bond motifs is 1. The van der Waals surface area contributed by atoms with Crippen molar-refractivity contribution in [3.8, 4) is 0 Å². The Balaban J connectivity index is 1.52. The van der Waals surface area contributed by atoms with Crippen LogP contribution < -0.4 is 5.32 Å². The van der Waals surface area contributed by atoms with Gasteiger partial charge in [-0.25, -0.2) is 0 Å². The molecule has 4 rings (SSSR count). The van der Waals surface area contributed by atoms with E-state index in [0.29, 0.717) is 11.6 Å². The highest BCUT2D eigenvalue weighted by Gasteiger charge is 2.23. The Kier molecular flexibility index (Phi) is 4.16. The summed E-state index contributed by atoms with van der Waals surface area (Å²) in [6.45, 7) is 6.43. The van der Waals surface area contributed by atoms with Crippen LogP contribution in [-0.4, -0.2) is 35.4 Å². The lowest BCUT2D eigenvalue weighted by Gasteiger charge is -2.26. The summed E-state index contributed by atoms with van der Waals surface area (Å²) < 4.78 is 1.21. The predicted molar refractivity (Wildman–Crippen MR) is 95.1 cm³/mol. The van der Waals surface area contributed by atoms with Crippen molar-refractivity contribution in [2.45, 2.75) is 45.6 Å². The van der Waals surface area contributed by atoms with E-state index in [4.69, 9.17) is 0 Å². The number of H-pyrrole nitrogens is 1. The van der Waals surface area contributed by atoms with Gasteiger partial charge in [-0.15, -0.1) is 11.3 Å². The van der Waals surface area contributed by atoms with Gasteiger partial charge in [0.1, 0.15) is 5.69 Å². The lowest BCUT2D eigenvalue weighted by atomic mass is 10.1. The second-order valence-corrected chi connectivity index (χ2v) is 8.31. The molecular weight excluding hydrogens is 306 g/mol. The number of thiophene rings is 1. The van der Waals surface area contributed by atoms with Crippen LogP contribution in [0.2, 0.25) is 0 Å². The molecule has 1 aliphatic heterocycles. The summed E-state index contributed by atoms with van der Waals surface area (Å²) in [6.07, 6.45) is 6.51. The molecule has 23 heavy (non-hydrogen) atoms. The molecule has 124 valence electrons. The van der Waals surface area contributed by atoms with Gasteiger partial charge in [-0.05, 0) is 57.7 Å². The number of hydrogen-bond acceptors (Lipinski definition) is 3. The number of piperidine rings is 1. The number of carbonyl (C=O) groups is 1. The molecule has 5 heteroatoms. The lowest BCUT2D eigenvalue weighted by Crippen LogP contribution is -2.29. The topological polar surface area (TPSA) is 48.1 Å². The maximum absolute atomic E-state index is 12.3. The van der Waals surface area contributed by atoms with Crippen LogP contribution in [0.4, 0.5) is 0 Å². The van der Waals surface area contributed by atoms with E-state index in [9.17, 15) is 4.79 Å². The average molecular weight is 331 g/mol. The Morgan fingerprint density at radius 3 is 2.87 bits per heavy atom. The molecule has 1 aliphatic carbocycles. The minimum Gasteiger partial charge on any atom is -0.350 e. The molecule has 0 unspecified atom stereocenters. The third kappa shape index (κ3) is 3.31. The zero-order chi connectivity index (χ0) is 15.8. The summed E-state index contributed by atoms with van der Waals surface area (Å²) in [4.78, 5) is 19.6. The van der Waals surface area contributed by atoms with Gasteiger partial charge < -0.3 is 10.3 Å². The number of aromatic nitrogens is 1. The summed E-state index contributed by atoms with van der Waals surface area (Å²) >= 11 is 1.80. The van der Waals surface area contributed by atoms with Gasteiger partial charge in [-0.2, -0.15) is 0 Å². The zero-order valence-corrected chi connectivity index (χ0v) is 14.6. The summed E-state index contributed by atoms with van der Waals surface area (Å²) in [5, 5.41) is 3.05. The van der Waals surface area contributed by atoms with Gasteiger partial charge in [-0.1, -0.05) is 6.42 Å². The first kappa shape index (κ1) is 15.2. The number of hydrogen-bond donors (Lipinski definition) is 2. The fourth-order valence-electron chi connectivity index (χ4n) is 3.45. The highest BCUT2D eigenvalue weighted by molar-refractivity contribution is 7.19. The van der Waals surface area contributed by atoms with E-state index in [0.717, 1.165) is 13.1 Å². The minimum absolute atomic E-state index is 0.0434. The second-order valence-electron chi connectivity index (χ2n) is 7.05. The molecule has 4 nitrogen and oxygen atoms in total. The Hall–Kier alpha value is -1.33. The molecule has 0 atom stereocenters. The maximum atomic E-state index is 12.3. The molecule has 3 heterocycles. The van der Waals surface area contributed by atoms with Gasteiger partial charge in [0.15, 0.2) is 0 Å². The van der Waals surface area contributed by atoms with Gasteiger partial charge in [0.2, 0.25) is 0 Å². The molecule has 1 saturated carbocycles. The molecule has 2 aromatic heterocycles. The van der Waals surface area contributed by atoms with Crippen LogP contribution in [0.3, 0.4) is 0 Å². The minimum atomic E-state index is 0.0434. The van der Waals surface area contributed by atoms with Crippen molar-refractivity contribution >= 4 is 27.5 Å². The standard InChI is InChI=1S/C18H25N3OS/c1-12-14(11-21-7-3-2-4-8-21)17-16(23-12)9-15(20-17)18(22)19-10-13-5-6-13/h9,13,20H,2-8,10-11H2,1H3,(H,19,22). The molecule has 0 spiro atoms. The summed E-state index contributed by atoms with van der Waals surface area (Å²) in [5.41, 5.74) is 3.27. The number of amides is 1. The van der Waals surface area contributed by atoms with Crippen molar-refractivity contribution in [1.82, 2.24) is 15.2 Å². The molecular formula is C18H25N3OS. The molecule has 2 N–H and O–H groups in total. The fourth-order valence-corrected chi connectivity index (χ4v) is 4.52. The SMILES string of the molecule is Cc1sc2cc(C(=O)NCC3CC3)[nH]c2c1CN1CCCCC1. The Morgan fingerprint density at radius 1 is 1.35 bits per heavy atom. The number of nitrogens with zero attached hydrogens (tertiary/aromatic N) is 1. The third-order valence-corrected chi connectivity index (χ3v) is 6.19. The molecule has 1 saturated heterocycles. The maximum Gasteiger partial charge on any atom is 0.267 e. The van der Waals surface area contributed by atoms with E-state index in [2.05, 4.69) is 22.1 Å². The van der Waals surface area contributed by atoms with E-state index < -0.39 is 0 Å². The normalized spacial score (nSPS) is 19.3. The Bertz CT molecular complexity index is 707. The van der Waals surface area contributed by atoms with Gasteiger partial charge in [0.25, 0.3) is 5.91 Å². The molecule has 0 bridgehead atoms. The molecule has 2 fully saturated rings. The molecule has 1 amide bonds. The first-order valence-electron chi connectivity index (χ1n) is 8.82. The van der Waals surface area contributed by atoms with Crippen molar-refractivity contribution in [3.05, 3.63) is 22.2 Å². The van der Waals surface area contributed by atoms with Crippen molar-refractivity contribution in [2.75, 3.05) is 19.6 Å². The van der Waals surface area contributed by atoms with E-state index in [1.54, 1.807) is 11.3 Å². The average Bonchev–Trinajstić information content (AvgIpc) is 3.23. The first-order chi connectivity index (χ1) is 11.2. The number of nitrogens with one attached hydrogen (secondary N) is 2. The van der Waals surface area contributed by atoms with E-state index in [-0.39, 0.29) is 5.91 Å². The smallest absolute Gasteiger partial charge is 0.267 e. The number of likely N-dealkylation sites (tertiary alicyclic amines) is 1. The van der Waals surface area contributed by atoms with Crippen LogP contribution in [0.1, 0.15) is 53.0 Å². The highest BCUT2D eigenvalue weighted by atomic mass is 32.1. The number of rotatable bonds is 5. The van der Waals surface area contributed by atoms with Crippen LogP contribution in [0.5, 0.6) is 0 Å². The molecule has 2 aliphatic rings. The van der Waals surface area contributed by atoms with E-state index in [1.165, 1.54) is 65.9 Å². The fraction of sp³-hybridized carbons (Fsp3) is 0.611. The van der Waals surface area contributed by atoms with Crippen molar-refractivity contribution in [1.29, 1.82) is 0 Å². The second kappa shape index (κ2) is 6.29. The van der Waals surface area contributed by atoms with Gasteiger partial charge >= 0.3 is 0 Å². The quantitative estimate of drug-likeness (QED) is 0.878. The molecule has 0 aromatic carbocycles. The third-order valence-electron chi connectivity index (χ3n) is 5.09. The molecule has 2 aromatic rings. The van der Waals surface area contributed by atoms with Gasteiger partial charge in [-0.3, -0.25) is 9.69 Å². The van der Waals surface area contributed by atoms with Gasteiger partial charge in [0.05, 0.1) is 10.2 Å². The van der Waals surface area contributed by atoms with Crippen LogP contribution in [-0.2, 0) is 6.54 Å². The van der Waals surface area contributed by atoms with Crippen molar-refractivity contribution in [2.24, 2.45) is 5.92 Å². The summed E-state index contributed by atoms with van der Waals surface area (Å²) in [5.74, 6) is 0.758. The number of carbonyl (C=O) groups excluding carboxylic acids is 1. The lowest BCUT2D eigenvalue weighted by molar-refractivity contribution is 0.0947. The highest BCUT2D eigenvalue weighted by Crippen LogP contribution is 2.33. The van der Waals surface area contributed by atoms with Gasteiger partial charge in [0, 0.05) is 23.5 Å². The largest absolute Gasteiger partial charge is 0.350 e. The Morgan fingerprint density at radius 2 is 2.13 bits per heavy atom. The predicted octanol–water partition coefficient (Wildman–Crippen LogP) is 3.66. The Labute approximate surface area is 141 Å². The number of aromatic amines is 1. The zero-order valence-electron chi connectivity index (χ0n) is 13.8. The summed E-state index contributed by atoms with van der Waals surface area (Å²) in [6, 6.07) is 2.02. The van der Waals surface area contributed by atoms with Crippen molar-refractivity contribution in [3.63, 3.8) is 0 Å². The molecule has 0 radical (unpaired) electrons. The number of aryl methyl sites for hydroxylation is 1.